The largest absolute Gasteiger partial charge is 0.495 e. The van der Waals surface area contributed by atoms with E-state index in [9.17, 15) is 4.79 Å². The molecular weight excluding hydrogens is 334 g/mol. The lowest BCUT2D eigenvalue weighted by atomic mass is 10.0. The summed E-state index contributed by atoms with van der Waals surface area (Å²) in [5.41, 5.74) is 2.68. The van der Waals surface area contributed by atoms with Crippen LogP contribution in [0.2, 0.25) is 0 Å². The number of methoxy groups -OCH3 is 1. The van der Waals surface area contributed by atoms with Crippen molar-refractivity contribution in [3.63, 3.8) is 0 Å². The predicted octanol–water partition coefficient (Wildman–Crippen LogP) is 5.46. The summed E-state index contributed by atoms with van der Waals surface area (Å²) in [5.74, 6) is 0.850. The fraction of sp³-hybridized carbons (Fsp3) is 0.125. The molecule has 0 aliphatic heterocycles. The van der Waals surface area contributed by atoms with Gasteiger partial charge in [-0.05, 0) is 17.7 Å². The third-order valence-corrected chi connectivity index (χ3v) is 4.27. The van der Waals surface area contributed by atoms with Crippen LogP contribution in [0.3, 0.4) is 0 Å². The summed E-state index contributed by atoms with van der Waals surface area (Å²) in [6.45, 7) is 0. The first kappa shape index (κ1) is 18.5. The molecule has 0 saturated carbocycles. The second-order valence-corrected chi connectivity index (χ2v) is 6.21. The lowest BCUT2D eigenvalue weighted by Gasteiger charge is -2.18. The van der Waals surface area contributed by atoms with Crippen molar-refractivity contribution >= 4 is 17.5 Å². The van der Waals surface area contributed by atoms with E-state index in [4.69, 9.17) is 4.74 Å². The quantitative estimate of drug-likeness (QED) is 0.544. The van der Waals surface area contributed by atoms with E-state index in [1.54, 1.807) is 7.11 Å². The number of Topliss-reactive ketones (excluding diaryl/α,β-unsaturated/α-hetero) is 1. The number of ketones is 1. The minimum absolute atomic E-state index is 0.0979. The van der Waals surface area contributed by atoms with Crippen LogP contribution < -0.4 is 10.1 Å². The SMILES string of the molecule is COc1ccccc1NC(/C=C/c1ccccc1)CC(=O)c1ccccc1. The van der Waals surface area contributed by atoms with Gasteiger partial charge in [-0.15, -0.1) is 0 Å². The summed E-state index contributed by atoms with van der Waals surface area (Å²) < 4.78 is 5.43. The predicted molar refractivity (Wildman–Crippen MR) is 111 cm³/mol. The molecule has 0 aliphatic carbocycles. The number of carbonyl (C=O) groups is 1. The Balaban J connectivity index is 1.81. The standard InChI is InChI=1S/C24H23NO2/c1-27-24-15-9-8-14-22(24)25-21(17-16-19-10-4-2-5-11-19)18-23(26)20-12-6-3-7-13-20/h2-17,21,25H,18H2,1H3/b17-16+. The monoisotopic (exact) mass is 357 g/mol. The van der Waals surface area contributed by atoms with Crippen LogP contribution in [0, 0.1) is 0 Å². The van der Waals surface area contributed by atoms with Crippen molar-refractivity contribution in [2.75, 3.05) is 12.4 Å². The van der Waals surface area contributed by atoms with Gasteiger partial charge in [0.05, 0.1) is 18.8 Å². The van der Waals surface area contributed by atoms with E-state index >= 15 is 0 Å². The molecule has 0 amide bonds. The molecule has 136 valence electrons. The van der Waals surface area contributed by atoms with Gasteiger partial charge in [0.2, 0.25) is 0 Å². The van der Waals surface area contributed by atoms with Gasteiger partial charge in [-0.3, -0.25) is 4.79 Å². The lowest BCUT2D eigenvalue weighted by Crippen LogP contribution is -2.21. The highest BCUT2D eigenvalue weighted by Gasteiger charge is 2.14. The van der Waals surface area contributed by atoms with Gasteiger partial charge in [-0.1, -0.05) is 84.9 Å². The fourth-order valence-corrected chi connectivity index (χ4v) is 2.86. The number of nitrogens with one attached hydrogen (secondary N) is 1. The van der Waals surface area contributed by atoms with Gasteiger partial charge in [-0.25, -0.2) is 0 Å². The number of carbonyl (C=O) groups excluding carboxylic acids is 1. The molecule has 3 rings (SSSR count). The highest BCUT2D eigenvalue weighted by molar-refractivity contribution is 5.96. The van der Waals surface area contributed by atoms with E-state index in [0.717, 1.165) is 22.6 Å². The molecule has 0 spiro atoms. The zero-order chi connectivity index (χ0) is 18.9. The number of ether oxygens (including phenoxy) is 1. The van der Waals surface area contributed by atoms with Crippen LogP contribution in [0.15, 0.2) is 91.0 Å². The smallest absolute Gasteiger partial charge is 0.165 e. The summed E-state index contributed by atoms with van der Waals surface area (Å²) in [6.07, 6.45) is 4.42. The molecule has 1 unspecified atom stereocenters. The summed E-state index contributed by atoms with van der Waals surface area (Å²) >= 11 is 0. The second kappa shape index (κ2) is 9.39. The van der Waals surface area contributed by atoms with Gasteiger partial charge < -0.3 is 10.1 Å². The van der Waals surface area contributed by atoms with Crippen molar-refractivity contribution in [2.45, 2.75) is 12.5 Å². The van der Waals surface area contributed by atoms with E-state index in [-0.39, 0.29) is 11.8 Å². The first-order chi connectivity index (χ1) is 13.3. The minimum Gasteiger partial charge on any atom is -0.495 e. The van der Waals surface area contributed by atoms with Crippen molar-refractivity contribution in [2.24, 2.45) is 0 Å². The van der Waals surface area contributed by atoms with Gasteiger partial charge in [0, 0.05) is 12.0 Å². The molecule has 3 heteroatoms. The maximum Gasteiger partial charge on any atom is 0.165 e. The Kier molecular flexibility index (Phi) is 6.42. The van der Waals surface area contributed by atoms with Crippen LogP contribution in [-0.4, -0.2) is 18.9 Å². The Labute approximate surface area is 160 Å². The fourth-order valence-electron chi connectivity index (χ4n) is 2.86. The van der Waals surface area contributed by atoms with Crippen LogP contribution >= 0.6 is 0 Å². The van der Waals surface area contributed by atoms with Crippen molar-refractivity contribution in [1.29, 1.82) is 0 Å². The zero-order valence-electron chi connectivity index (χ0n) is 15.3. The summed E-state index contributed by atoms with van der Waals surface area (Å²) in [5, 5.41) is 3.44. The van der Waals surface area contributed by atoms with Crippen LogP contribution in [0.4, 0.5) is 5.69 Å². The molecule has 0 radical (unpaired) electrons. The van der Waals surface area contributed by atoms with Gasteiger partial charge in [-0.2, -0.15) is 0 Å². The van der Waals surface area contributed by atoms with Crippen molar-refractivity contribution in [3.8, 4) is 5.75 Å². The van der Waals surface area contributed by atoms with Gasteiger partial charge in [0.15, 0.2) is 5.78 Å². The topological polar surface area (TPSA) is 38.3 Å². The highest BCUT2D eigenvalue weighted by Crippen LogP contribution is 2.25. The van der Waals surface area contributed by atoms with Crippen molar-refractivity contribution in [1.82, 2.24) is 0 Å². The van der Waals surface area contributed by atoms with Gasteiger partial charge in [0.25, 0.3) is 0 Å². The second-order valence-electron chi connectivity index (χ2n) is 6.21. The highest BCUT2D eigenvalue weighted by atomic mass is 16.5. The molecule has 0 aliphatic rings. The number of hydrogen-bond acceptors (Lipinski definition) is 3. The summed E-state index contributed by atoms with van der Waals surface area (Å²) in [7, 11) is 1.64. The van der Waals surface area contributed by atoms with E-state index in [1.807, 2.05) is 97.1 Å². The molecule has 0 fully saturated rings. The molecule has 0 aromatic heterocycles. The van der Waals surface area contributed by atoms with Crippen LogP contribution in [-0.2, 0) is 0 Å². The lowest BCUT2D eigenvalue weighted by molar-refractivity contribution is 0.0981. The number of benzene rings is 3. The first-order valence-electron chi connectivity index (χ1n) is 8.97. The molecule has 3 nitrogen and oxygen atoms in total. The molecule has 0 bridgehead atoms. The average molecular weight is 357 g/mol. The first-order valence-corrected chi connectivity index (χ1v) is 8.97. The molecule has 0 saturated heterocycles. The van der Waals surface area contributed by atoms with Gasteiger partial charge in [0.1, 0.15) is 5.75 Å². The van der Waals surface area contributed by atoms with E-state index in [1.165, 1.54) is 0 Å². The van der Waals surface area contributed by atoms with Gasteiger partial charge >= 0.3 is 0 Å². The Morgan fingerprint density at radius 2 is 1.56 bits per heavy atom. The Bertz CT molecular complexity index is 889. The molecule has 0 heterocycles. The van der Waals surface area contributed by atoms with Crippen LogP contribution in [0.5, 0.6) is 5.75 Å². The maximum absolute atomic E-state index is 12.7. The maximum atomic E-state index is 12.7. The third kappa shape index (κ3) is 5.32. The average Bonchev–Trinajstić information content (AvgIpc) is 2.73. The zero-order valence-corrected chi connectivity index (χ0v) is 15.3. The van der Waals surface area contributed by atoms with E-state index in [0.29, 0.717) is 6.42 Å². The number of para-hydroxylation sites is 2. The normalized spacial score (nSPS) is 11.9. The van der Waals surface area contributed by atoms with Crippen molar-refractivity contribution in [3.05, 3.63) is 102 Å². The molecule has 3 aromatic carbocycles. The molecular formula is C24H23NO2. The summed E-state index contributed by atoms with van der Waals surface area (Å²) in [6, 6.07) is 27.0. The Morgan fingerprint density at radius 1 is 0.926 bits per heavy atom. The molecule has 3 aromatic rings. The van der Waals surface area contributed by atoms with E-state index in [2.05, 4.69) is 5.32 Å². The number of anilines is 1. The molecule has 27 heavy (non-hydrogen) atoms. The van der Waals surface area contributed by atoms with Crippen LogP contribution in [0.1, 0.15) is 22.3 Å². The number of rotatable bonds is 8. The Hall–Kier alpha value is -3.33. The minimum atomic E-state index is -0.158. The summed E-state index contributed by atoms with van der Waals surface area (Å²) in [4.78, 5) is 12.7. The molecule has 1 atom stereocenters. The van der Waals surface area contributed by atoms with E-state index < -0.39 is 0 Å². The Morgan fingerprint density at radius 3 is 2.26 bits per heavy atom. The van der Waals surface area contributed by atoms with Crippen LogP contribution in [0.25, 0.3) is 6.08 Å². The third-order valence-electron chi connectivity index (χ3n) is 4.27. The molecule has 1 N–H and O–H groups in total. The number of hydrogen-bond donors (Lipinski definition) is 1. The van der Waals surface area contributed by atoms with Crippen molar-refractivity contribution < 1.29 is 9.53 Å².